The molecule has 1 unspecified atom stereocenters. The zero-order chi connectivity index (χ0) is 54.5. The van der Waals surface area contributed by atoms with Crippen molar-refractivity contribution in [2.75, 3.05) is 10.6 Å². The Kier molecular flexibility index (Phi) is 22.0. The van der Waals surface area contributed by atoms with E-state index in [1.165, 1.54) is 94.8 Å². The third-order valence-electron chi connectivity index (χ3n) is 12.8. The fourth-order valence-corrected chi connectivity index (χ4v) is 8.09. The average molecular weight is 1020 g/mol. The second kappa shape index (κ2) is 29.4. The molecule has 0 fully saturated rings. The number of benzene rings is 10. The Morgan fingerprint density at radius 1 is 0.295 bits per heavy atom. The third-order valence-corrected chi connectivity index (χ3v) is 12.8. The molecule has 1 heterocycles. The molecule has 10 aromatic rings. The molecule has 0 saturated heterocycles. The van der Waals surface area contributed by atoms with Gasteiger partial charge in [0.2, 0.25) is 0 Å². The molecule has 0 saturated carbocycles. The van der Waals surface area contributed by atoms with Crippen molar-refractivity contribution in [2.45, 2.75) is 82.8 Å². The van der Waals surface area contributed by atoms with Crippen LogP contribution < -0.4 is 10.6 Å². The molecule has 2 N–H and O–H groups in total. The van der Waals surface area contributed by atoms with Crippen LogP contribution in [0.2, 0.25) is 0 Å². The quantitative estimate of drug-likeness (QED) is 0.123. The van der Waals surface area contributed by atoms with Crippen LogP contribution in [0.3, 0.4) is 0 Å². The molecule has 1 atom stereocenters. The zero-order valence-corrected chi connectivity index (χ0v) is 46.5. The van der Waals surface area contributed by atoms with Crippen molar-refractivity contribution in [3.63, 3.8) is 0 Å². The van der Waals surface area contributed by atoms with E-state index in [0.29, 0.717) is 0 Å². The standard InChI is InChI=1S/C15H16N2.C15H15N.C14H14N2.2C14H14.CH4/c1-10-3-6-12(7-4-10)15-16-13-8-5-11(2)9-14(13)17-15;1-12-3-7-14(8-4-12)11-16-15-9-5-13(2)6-10-15;1-11-3-7-13(8-4-11)15-16-14-9-5-12(2)6-10-14;1-11-3-7-13(8-4-11)14-9-5-12(2)6-10-14;1-11-5-3-7-13(9-11)14-8-4-6-12(2)10-14;/h3-9,15-17H,1-2H3;3-11H,1-2H3;3-10H,1-2H3;2*3-10H,1-2H3;1H4. The van der Waals surface area contributed by atoms with Crippen molar-refractivity contribution in [2.24, 2.45) is 15.2 Å². The van der Waals surface area contributed by atoms with Gasteiger partial charge in [-0.25, -0.2) is 0 Å². The highest BCUT2D eigenvalue weighted by Gasteiger charge is 2.20. The number of anilines is 2. The highest BCUT2D eigenvalue weighted by atomic mass is 15.2. The van der Waals surface area contributed by atoms with Gasteiger partial charge in [-0.15, -0.1) is 0 Å². The molecule has 1 aliphatic rings. The van der Waals surface area contributed by atoms with Gasteiger partial charge in [-0.1, -0.05) is 246 Å². The molecule has 5 nitrogen and oxygen atoms in total. The normalized spacial score (nSPS) is 11.8. The summed E-state index contributed by atoms with van der Waals surface area (Å²) in [6.45, 7) is 21.0. The van der Waals surface area contributed by atoms with Gasteiger partial charge in [-0.3, -0.25) is 4.99 Å². The maximum atomic E-state index is 4.42. The number of azo groups is 1. The first kappa shape index (κ1) is 58.3. The molecular formula is C73H77N5. The van der Waals surface area contributed by atoms with E-state index in [2.05, 4.69) is 271 Å². The van der Waals surface area contributed by atoms with E-state index in [1.807, 2.05) is 66.9 Å². The second-order valence-electron chi connectivity index (χ2n) is 20.0. The molecule has 0 spiro atoms. The van der Waals surface area contributed by atoms with E-state index in [9.17, 15) is 0 Å². The monoisotopic (exact) mass is 1020 g/mol. The molecule has 5 heteroatoms. The third kappa shape index (κ3) is 19.0. The van der Waals surface area contributed by atoms with Crippen LogP contribution in [-0.4, -0.2) is 6.21 Å². The maximum absolute atomic E-state index is 4.42. The van der Waals surface area contributed by atoms with Gasteiger partial charge >= 0.3 is 0 Å². The van der Waals surface area contributed by atoms with Gasteiger partial charge < -0.3 is 10.6 Å². The molecule has 10 aromatic carbocycles. The summed E-state index contributed by atoms with van der Waals surface area (Å²) < 4.78 is 0. The summed E-state index contributed by atoms with van der Waals surface area (Å²) in [6.07, 6.45) is 2.08. The van der Waals surface area contributed by atoms with Gasteiger partial charge in [-0.05, 0) is 157 Å². The molecule has 1 aliphatic heterocycles. The van der Waals surface area contributed by atoms with E-state index in [4.69, 9.17) is 0 Å². The molecule has 11 rings (SSSR count). The van der Waals surface area contributed by atoms with Gasteiger partial charge in [-0.2, -0.15) is 10.2 Å². The van der Waals surface area contributed by atoms with Crippen LogP contribution in [-0.2, 0) is 0 Å². The Hall–Kier alpha value is -8.93. The van der Waals surface area contributed by atoms with Gasteiger partial charge in [0.25, 0.3) is 0 Å². The summed E-state index contributed by atoms with van der Waals surface area (Å²) in [5, 5.41) is 15.3. The molecule has 0 amide bonds. The van der Waals surface area contributed by atoms with Crippen molar-refractivity contribution in [3.8, 4) is 22.3 Å². The van der Waals surface area contributed by atoms with Crippen LogP contribution in [0.15, 0.2) is 252 Å². The van der Waals surface area contributed by atoms with Crippen LogP contribution in [0.1, 0.15) is 80.4 Å². The van der Waals surface area contributed by atoms with Crippen LogP contribution >= 0.6 is 0 Å². The first-order valence-electron chi connectivity index (χ1n) is 26.4. The average Bonchev–Trinajstić information content (AvgIpc) is 3.88. The summed E-state index contributed by atoms with van der Waals surface area (Å²) in [5.41, 5.74) is 25.5. The largest absolute Gasteiger partial charge is 0.360 e. The lowest BCUT2D eigenvalue weighted by atomic mass is 10.0. The fraction of sp³-hybridized carbons (Fsp3) is 0.164. The van der Waals surface area contributed by atoms with Crippen molar-refractivity contribution >= 4 is 34.7 Å². The summed E-state index contributed by atoms with van der Waals surface area (Å²) in [5.74, 6) is 0. The minimum absolute atomic E-state index is 0. The first-order chi connectivity index (χ1) is 37.2. The van der Waals surface area contributed by atoms with Crippen LogP contribution in [0.5, 0.6) is 0 Å². The molecule has 0 bridgehead atoms. The molecule has 78 heavy (non-hydrogen) atoms. The maximum Gasteiger partial charge on any atom is 0.123 e. The van der Waals surface area contributed by atoms with E-state index >= 15 is 0 Å². The molecular weight excluding hydrogens is 947 g/mol. The lowest BCUT2D eigenvalue weighted by molar-refractivity contribution is 0.940. The predicted octanol–water partition coefficient (Wildman–Crippen LogP) is 21.2. The number of fused-ring (bicyclic) bond motifs is 1. The lowest BCUT2D eigenvalue weighted by Crippen LogP contribution is -2.11. The lowest BCUT2D eigenvalue weighted by Gasteiger charge is -2.12. The van der Waals surface area contributed by atoms with Crippen molar-refractivity contribution in [1.29, 1.82) is 0 Å². The molecule has 394 valence electrons. The zero-order valence-electron chi connectivity index (χ0n) is 46.5. The minimum Gasteiger partial charge on any atom is -0.360 e. The summed E-state index contributed by atoms with van der Waals surface area (Å²) in [6, 6.07) is 82.0. The Labute approximate surface area is 466 Å². The predicted molar refractivity (Wildman–Crippen MR) is 338 cm³/mol. The Bertz CT molecular complexity index is 3170. The number of hydrogen-bond acceptors (Lipinski definition) is 5. The minimum atomic E-state index is 0. The Morgan fingerprint density at radius 3 is 1.04 bits per heavy atom. The van der Waals surface area contributed by atoms with Crippen molar-refractivity contribution < 1.29 is 0 Å². The number of hydrogen-bond donors (Lipinski definition) is 2. The Morgan fingerprint density at radius 2 is 0.628 bits per heavy atom. The van der Waals surface area contributed by atoms with E-state index in [0.717, 1.165) is 22.6 Å². The number of aliphatic imine (C=N–C) groups is 1. The number of nitrogens with one attached hydrogen (secondary N) is 2. The smallest absolute Gasteiger partial charge is 0.123 e. The first-order valence-corrected chi connectivity index (χ1v) is 26.4. The van der Waals surface area contributed by atoms with E-state index in [1.54, 1.807) is 0 Å². The number of aryl methyl sites for hydroxylation is 10. The summed E-state index contributed by atoms with van der Waals surface area (Å²) in [4.78, 5) is 4.42. The van der Waals surface area contributed by atoms with Gasteiger partial charge in [0.05, 0.1) is 28.4 Å². The Balaban J connectivity index is 0.000000158. The van der Waals surface area contributed by atoms with Crippen molar-refractivity contribution in [3.05, 3.63) is 303 Å². The van der Waals surface area contributed by atoms with Gasteiger partial charge in [0, 0.05) is 6.21 Å². The van der Waals surface area contributed by atoms with Gasteiger partial charge in [0.1, 0.15) is 6.17 Å². The number of nitrogens with zero attached hydrogens (tertiary/aromatic N) is 3. The fourth-order valence-electron chi connectivity index (χ4n) is 8.09. The second-order valence-corrected chi connectivity index (χ2v) is 20.0. The number of rotatable bonds is 7. The van der Waals surface area contributed by atoms with E-state index in [-0.39, 0.29) is 13.6 Å². The van der Waals surface area contributed by atoms with Crippen molar-refractivity contribution in [1.82, 2.24) is 0 Å². The van der Waals surface area contributed by atoms with Crippen LogP contribution in [0, 0.1) is 69.2 Å². The van der Waals surface area contributed by atoms with Crippen LogP contribution in [0.25, 0.3) is 22.3 Å². The molecule has 0 aliphatic carbocycles. The van der Waals surface area contributed by atoms with E-state index < -0.39 is 0 Å². The summed E-state index contributed by atoms with van der Waals surface area (Å²) in [7, 11) is 0. The molecule has 0 radical (unpaired) electrons. The highest BCUT2D eigenvalue weighted by Crippen LogP contribution is 2.36. The summed E-state index contributed by atoms with van der Waals surface area (Å²) >= 11 is 0. The molecule has 0 aromatic heterocycles. The van der Waals surface area contributed by atoms with Crippen LogP contribution in [0.4, 0.5) is 28.4 Å². The highest BCUT2D eigenvalue weighted by molar-refractivity contribution is 5.82. The van der Waals surface area contributed by atoms with Gasteiger partial charge in [0.15, 0.2) is 0 Å². The SMILES string of the molecule is C.Cc1ccc(-c2ccc(C)cc2)cc1.Cc1ccc(C2Nc3ccc(C)cc3N2)cc1.Cc1ccc(C=Nc2ccc(C)cc2)cc1.Cc1ccc(N=Nc2ccc(C)cc2)cc1.Cc1cccc(-c2cccc(C)c2)c1. The topological polar surface area (TPSA) is 61.1 Å².